The first-order chi connectivity index (χ1) is 11.5. The van der Waals surface area contributed by atoms with Gasteiger partial charge in [-0.05, 0) is 32.5 Å². The molecule has 0 saturated carbocycles. The Morgan fingerprint density at radius 3 is 2.71 bits per heavy atom. The molecule has 6 nitrogen and oxygen atoms in total. The van der Waals surface area contributed by atoms with Gasteiger partial charge in [0.05, 0.1) is 11.4 Å². The highest BCUT2D eigenvalue weighted by Gasteiger charge is 2.19. The van der Waals surface area contributed by atoms with Gasteiger partial charge in [-0.15, -0.1) is 10.2 Å². The van der Waals surface area contributed by atoms with E-state index < -0.39 is 0 Å². The van der Waals surface area contributed by atoms with Crippen molar-refractivity contribution in [2.24, 2.45) is 5.73 Å². The zero-order valence-corrected chi connectivity index (χ0v) is 14.9. The van der Waals surface area contributed by atoms with E-state index in [0.717, 1.165) is 0 Å². The number of rotatable bonds is 7. The molecule has 24 heavy (non-hydrogen) atoms. The third-order valence-electron chi connectivity index (χ3n) is 3.65. The molecule has 0 unspecified atom stereocenters. The summed E-state index contributed by atoms with van der Waals surface area (Å²) in [6.45, 7) is 4.28. The Labute approximate surface area is 145 Å². The van der Waals surface area contributed by atoms with Gasteiger partial charge >= 0.3 is 0 Å². The molecule has 0 aliphatic rings. The smallest absolute Gasteiger partial charge is 0.233 e. The van der Waals surface area contributed by atoms with Gasteiger partial charge in [0.15, 0.2) is 5.16 Å². The van der Waals surface area contributed by atoms with E-state index in [2.05, 4.69) is 10.2 Å². The molecule has 1 heterocycles. The summed E-state index contributed by atoms with van der Waals surface area (Å²) in [5.41, 5.74) is 5.97. The van der Waals surface area contributed by atoms with Crippen LogP contribution in [-0.2, 0) is 11.2 Å². The third kappa shape index (κ3) is 4.12. The van der Waals surface area contributed by atoms with E-state index in [1.54, 1.807) is 34.7 Å². The van der Waals surface area contributed by atoms with Crippen molar-refractivity contribution in [1.82, 2.24) is 19.7 Å². The first-order valence-corrected chi connectivity index (χ1v) is 8.72. The Kier molecular flexibility index (Phi) is 6.33. The van der Waals surface area contributed by atoms with Gasteiger partial charge in [-0.1, -0.05) is 23.9 Å². The number of para-hydroxylation sites is 1. The number of thioether (sulfide) groups is 1. The van der Waals surface area contributed by atoms with Crippen molar-refractivity contribution < 1.29 is 9.18 Å². The Balaban J connectivity index is 2.28. The molecule has 1 aromatic heterocycles. The quantitative estimate of drug-likeness (QED) is 0.771. The van der Waals surface area contributed by atoms with Crippen molar-refractivity contribution >= 4 is 17.7 Å². The second-order valence-corrected chi connectivity index (χ2v) is 6.55. The molecule has 0 fully saturated rings. The van der Waals surface area contributed by atoms with Crippen molar-refractivity contribution in [3.05, 3.63) is 35.9 Å². The van der Waals surface area contributed by atoms with Crippen LogP contribution in [0.1, 0.15) is 19.7 Å². The van der Waals surface area contributed by atoms with E-state index in [1.165, 1.54) is 17.8 Å². The van der Waals surface area contributed by atoms with Crippen LogP contribution in [0.5, 0.6) is 0 Å². The summed E-state index contributed by atoms with van der Waals surface area (Å²) in [4.78, 5) is 13.8. The summed E-state index contributed by atoms with van der Waals surface area (Å²) >= 11 is 1.24. The predicted octanol–water partition coefficient (Wildman–Crippen LogP) is 1.87. The van der Waals surface area contributed by atoms with E-state index >= 15 is 0 Å². The van der Waals surface area contributed by atoms with Crippen LogP contribution in [0.4, 0.5) is 4.39 Å². The van der Waals surface area contributed by atoms with Crippen LogP contribution in [0.2, 0.25) is 0 Å². The molecular formula is C16H22FN5OS. The van der Waals surface area contributed by atoms with Gasteiger partial charge in [0, 0.05) is 19.5 Å². The van der Waals surface area contributed by atoms with E-state index in [0.29, 0.717) is 29.6 Å². The molecule has 0 aliphatic carbocycles. The number of amides is 1. The van der Waals surface area contributed by atoms with Gasteiger partial charge in [-0.2, -0.15) is 0 Å². The van der Waals surface area contributed by atoms with Crippen molar-refractivity contribution in [2.75, 3.05) is 19.3 Å². The van der Waals surface area contributed by atoms with Gasteiger partial charge in [-0.3, -0.25) is 9.36 Å². The summed E-state index contributed by atoms with van der Waals surface area (Å²) in [7, 11) is 1.76. The fourth-order valence-corrected chi connectivity index (χ4v) is 2.96. The summed E-state index contributed by atoms with van der Waals surface area (Å²) in [5, 5.41) is 8.69. The number of hydrogen-bond donors (Lipinski definition) is 1. The number of carbonyl (C=O) groups excluding carboxylic acids is 1. The zero-order valence-electron chi connectivity index (χ0n) is 14.1. The van der Waals surface area contributed by atoms with Crippen LogP contribution in [0, 0.1) is 5.82 Å². The molecule has 2 N–H and O–H groups in total. The van der Waals surface area contributed by atoms with Crippen LogP contribution < -0.4 is 5.73 Å². The van der Waals surface area contributed by atoms with Crippen LogP contribution >= 0.6 is 11.8 Å². The summed E-state index contributed by atoms with van der Waals surface area (Å²) in [6, 6.07) is 6.53. The molecule has 1 aromatic carbocycles. The lowest BCUT2D eigenvalue weighted by Gasteiger charge is -2.21. The lowest BCUT2D eigenvalue weighted by molar-refractivity contribution is -0.128. The molecule has 8 heteroatoms. The molecule has 0 radical (unpaired) electrons. The van der Waals surface area contributed by atoms with Crippen LogP contribution in [-0.4, -0.2) is 51.0 Å². The van der Waals surface area contributed by atoms with Crippen molar-refractivity contribution in [3.8, 4) is 5.69 Å². The van der Waals surface area contributed by atoms with Crippen molar-refractivity contribution in [1.29, 1.82) is 0 Å². The molecule has 0 bridgehead atoms. The number of benzene rings is 1. The van der Waals surface area contributed by atoms with Crippen molar-refractivity contribution in [3.63, 3.8) is 0 Å². The Morgan fingerprint density at radius 2 is 2.08 bits per heavy atom. The number of nitrogens with zero attached hydrogens (tertiary/aromatic N) is 4. The maximum Gasteiger partial charge on any atom is 0.233 e. The Bertz CT molecular complexity index is 704. The molecule has 0 aliphatic heterocycles. The van der Waals surface area contributed by atoms with Crippen LogP contribution in [0.15, 0.2) is 29.4 Å². The van der Waals surface area contributed by atoms with E-state index in [4.69, 9.17) is 5.73 Å². The Morgan fingerprint density at radius 1 is 1.38 bits per heavy atom. The van der Waals surface area contributed by atoms with Gasteiger partial charge in [0.1, 0.15) is 11.6 Å². The summed E-state index contributed by atoms with van der Waals surface area (Å²) in [6.07, 6.45) is 0.474. The van der Waals surface area contributed by atoms with Gasteiger partial charge in [0.2, 0.25) is 5.91 Å². The lowest BCUT2D eigenvalue weighted by Crippen LogP contribution is -2.34. The predicted molar refractivity (Wildman–Crippen MR) is 92.7 cm³/mol. The highest BCUT2D eigenvalue weighted by molar-refractivity contribution is 7.99. The van der Waals surface area contributed by atoms with Gasteiger partial charge in [0.25, 0.3) is 0 Å². The molecule has 2 aromatic rings. The normalized spacial score (nSPS) is 11.1. The van der Waals surface area contributed by atoms with Gasteiger partial charge in [-0.25, -0.2) is 4.39 Å². The highest BCUT2D eigenvalue weighted by atomic mass is 32.2. The number of nitrogens with two attached hydrogens (primary N) is 1. The number of hydrogen-bond acceptors (Lipinski definition) is 5. The molecule has 2 rings (SSSR count). The molecule has 1 amide bonds. The minimum atomic E-state index is -0.372. The molecular weight excluding hydrogens is 329 g/mol. The highest BCUT2D eigenvalue weighted by Crippen LogP contribution is 2.24. The lowest BCUT2D eigenvalue weighted by atomic mass is 10.3. The number of aromatic nitrogens is 3. The molecule has 0 spiro atoms. The summed E-state index contributed by atoms with van der Waals surface area (Å²) in [5.74, 6) is 0.403. The van der Waals surface area contributed by atoms with E-state index in [1.807, 2.05) is 13.8 Å². The topological polar surface area (TPSA) is 77.0 Å². The van der Waals surface area contributed by atoms with Crippen LogP contribution in [0.3, 0.4) is 0 Å². The second kappa shape index (κ2) is 8.25. The first kappa shape index (κ1) is 18.4. The Hall–Kier alpha value is -1.93. The first-order valence-electron chi connectivity index (χ1n) is 7.73. The second-order valence-electron chi connectivity index (χ2n) is 5.61. The average molecular weight is 351 g/mol. The average Bonchev–Trinajstić information content (AvgIpc) is 2.95. The van der Waals surface area contributed by atoms with Gasteiger partial charge < -0.3 is 10.6 Å². The van der Waals surface area contributed by atoms with Crippen LogP contribution in [0.25, 0.3) is 5.69 Å². The summed E-state index contributed by atoms with van der Waals surface area (Å²) < 4.78 is 15.8. The van der Waals surface area contributed by atoms with E-state index in [-0.39, 0.29) is 23.5 Å². The maximum atomic E-state index is 14.2. The monoisotopic (exact) mass is 351 g/mol. The zero-order chi connectivity index (χ0) is 17.7. The number of halogens is 1. The maximum absolute atomic E-state index is 14.2. The molecule has 0 saturated heterocycles. The largest absolute Gasteiger partial charge is 0.343 e. The fourth-order valence-electron chi connectivity index (χ4n) is 2.08. The third-order valence-corrected chi connectivity index (χ3v) is 4.57. The standard InChI is InChI=1S/C16H22FN5OS/c1-11(2)21(3)15(23)10-24-16-20-19-14(8-9-18)22(16)13-7-5-4-6-12(13)17/h4-7,11H,8-10,18H2,1-3H3. The molecule has 0 atom stereocenters. The minimum Gasteiger partial charge on any atom is -0.343 e. The van der Waals surface area contributed by atoms with E-state index in [9.17, 15) is 9.18 Å². The van der Waals surface area contributed by atoms with Crippen molar-refractivity contribution in [2.45, 2.75) is 31.5 Å². The SMILES string of the molecule is CC(C)N(C)C(=O)CSc1nnc(CCN)n1-c1ccccc1F. The minimum absolute atomic E-state index is 0.0153. The molecule has 130 valence electrons. The fraction of sp³-hybridized carbons (Fsp3) is 0.438. The number of carbonyl (C=O) groups is 1.